The second-order valence-corrected chi connectivity index (χ2v) is 7.31. The molecule has 3 N–H and O–H groups in total. The average molecular weight is 374 g/mol. The molecule has 6 heteroatoms. The highest BCUT2D eigenvalue weighted by Crippen LogP contribution is 2.41. The topological polar surface area (TPSA) is 86.9 Å². The van der Waals surface area contributed by atoms with Gasteiger partial charge in [-0.2, -0.15) is 5.10 Å². The molecule has 0 fully saturated rings. The smallest absolute Gasteiger partial charge is 0.225 e. The molecule has 6 nitrogen and oxygen atoms in total. The van der Waals surface area contributed by atoms with E-state index >= 15 is 0 Å². The summed E-state index contributed by atoms with van der Waals surface area (Å²) in [6.45, 7) is 5.59. The number of aromatic amines is 1. The zero-order valence-electron chi connectivity index (χ0n) is 16.1. The highest BCUT2D eigenvalue weighted by molar-refractivity contribution is 5.97. The first kappa shape index (κ1) is 18.0. The number of fused-ring (bicyclic) bond motifs is 1. The standard InChI is InChI=1S/C22H22N4O2/c1-12-4-5-13(2)17(8-12)22-19(11-23-26-22)18-10-21(28)25-20-9-15(24-14(3)27)6-7-16(18)20/h4-9,11,18H,10H2,1-3H3,(H,23,26)(H,24,27)(H,25,28)/t18-/m1/s1. The largest absolute Gasteiger partial charge is 0.326 e. The van der Waals surface area contributed by atoms with Crippen LogP contribution in [0, 0.1) is 13.8 Å². The van der Waals surface area contributed by atoms with Gasteiger partial charge >= 0.3 is 0 Å². The molecule has 2 heterocycles. The summed E-state index contributed by atoms with van der Waals surface area (Å²) in [6.07, 6.45) is 2.16. The molecule has 4 rings (SSSR count). The number of H-pyrrole nitrogens is 1. The molecule has 0 aliphatic carbocycles. The molecule has 1 atom stereocenters. The van der Waals surface area contributed by atoms with Gasteiger partial charge in [0.2, 0.25) is 11.8 Å². The third-order valence-corrected chi connectivity index (χ3v) is 5.12. The zero-order chi connectivity index (χ0) is 19.8. The predicted octanol–water partition coefficient (Wildman–Crippen LogP) is 4.13. The molecule has 0 radical (unpaired) electrons. The van der Waals surface area contributed by atoms with Gasteiger partial charge < -0.3 is 10.6 Å². The summed E-state index contributed by atoms with van der Waals surface area (Å²) in [5.41, 5.74) is 7.75. The average Bonchev–Trinajstić information content (AvgIpc) is 3.11. The fraction of sp³-hybridized carbons (Fsp3) is 0.227. The van der Waals surface area contributed by atoms with E-state index in [1.54, 1.807) is 6.07 Å². The summed E-state index contributed by atoms with van der Waals surface area (Å²) in [5, 5.41) is 13.1. The Bertz CT molecular complexity index is 1080. The van der Waals surface area contributed by atoms with Crippen LogP contribution in [0.2, 0.25) is 0 Å². The Kier molecular flexibility index (Phi) is 4.47. The Balaban J connectivity index is 1.80. The number of rotatable bonds is 3. The van der Waals surface area contributed by atoms with E-state index in [9.17, 15) is 9.59 Å². The molecule has 142 valence electrons. The Morgan fingerprint density at radius 3 is 2.75 bits per heavy atom. The van der Waals surface area contributed by atoms with E-state index in [-0.39, 0.29) is 17.7 Å². The second kappa shape index (κ2) is 6.96. The van der Waals surface area contributed by atoms with E-state index in [1.807, 2.05) is 18.3 Å². The van der Waals surface area contributed by atoms with Crippen LogP contribution < -0.4 is 10.6 Å². The summed E-state index contributed by atoms with van der Waals surface area (Å²) < 4.78 is 0. The molecule has 3 aromatic rings. The third kappa shape index (κ3) is 3.29. The van der Waals surface area contributed by atoms with Crippen molar-refractivity contribution in [3.8, 4) is 11.3 Å². The maximum absolute atomic E-state index is 12.4. The zero-order valence-corrected chi connectivity index (χ0v) is 16.1. The number of amides is 2. The Hall–Kier alpha value is -3.41. The summed E-state index contributed by atoms with van der Waals surface area (Å²) in [5.74, 6) is -0.306. The van der Waals surface area contributed by atoms with Crippen molar-refractivity contribution in [1.29, 1.82) is 0 Å². The molecule has 0 saturated carbocycles. The van der Waals surface area contributed by atoms with Crippen LogP contribution in [0.3, 0.4) is 0 Å². The van der Waals surface area contributed by atoms with Crippen molar-refractivity contribution in [1.82, 2.24) is 10.2 Å². The Morgan fingerprint density at radius 2 is 1.96 bits per heavy atom. The molecule has 1 aromatic heterocycles. The van der Waals surface area contributed by atoms with E-state index in [4.69, 9.17) is 0 Å². The van der Waals surface area contributed by atoms with E-state index < -0.39 is 0 Å². The monoisotopic (exact) mass is 374 g/mol. The lowest BCUT2D eigenvalue weighted by atomic mass is 9.83. The first-order valence-corrected chi connectivity index (χ1v) is 9.24. The number of benzene rings is 2. The van der Waals surface area contributed by atoms with E-state index in [2.05, 4.69) is 52.9 Å². The Labute approximate surface area is 163 Å². The molecule has 1 aliphatic heterocycles. The number of nitrogens with zero attached hydrogens (tertiary/aromatic N) is 1. The van der Waals surface area contributed by atoms with Crippen molar-refractivity contribution >= 4 is 23.2 Å². The molecule has 0 spiro atoms. The van der Waals surface area contributed by atoms with Gasteiger partial charge in [-0.15, -0.1) is 0 Å². The Morgan fingerprint density at radius 1 is 1.14 bits per heavy atom. The minimum atomic E-state index is -0.148. The summed E-state index contributed by atoms with van der Waals surface area (Å²) in [4.78, 5) is 23.8. The van der Waals surface area contributed by atoms with Gasteiger partial charge in [0.1, 0.15) is 0 Å². The summed E-state index contributed by atoms with van der Waals surface area (Å²) in [7, 11) is 0. The molecule has 0 unspecified atom stereocenters. The first-order valence-electron chi connectivity index (χ1n) is 9.24. The number of nitrogens with one attached hydrogen (secondary N) is 3. The minimum Gasteiger partial charge on any atom is -0.326 e. The van der Waals surface area contributed by atoms with Crippen LogP contribution >= 0.6 is 0 Å². The highest BCUT2D eigenvalue weighted by Gasteiger charge is 2.30. The lowest BCUT2D eigenvalue weighted by Crippen LogP contribution is -2.24. The van der Waals surface area contributed by atoms with Crippen LogP contribution in [-0.4, -0.2) is 22.0 Å². The second-order valence-electron chi connectivity index (χ2n) is 7.31. The number of hydrogen-bond donors (Lipinski definition) is 3. The maximum atomic E-state index is 12.4. The van der Waals surface area contributed by atoms with Gasteiger partial charge in [0, 0.05) is 41.8 Å². The number of carbonyl (C=O) groups is 2. The van der Waals surface area contributed by atoms with Crippen molar-refractivity contribution in [2.24, 2.45) is 0 Å². The normalized spacial score (nSPS) is 15.7. The van der Waals surface area contributed by atoms with Crippen molar-refractivity contribution < 1.29 is 9.59 Å². The van der Waals surface area contributed by atoms with Gasteiger partial charge in [-0.3, -0.25) is 14.7 Å². The van der Waals surface area contributed by atoms with Crippen molar-refractivity contribution in [3.05, 3.63) is 64.8 Å². The van der Waals surface area contributed by atoms with Crippen molar-refractivity contribution in [2.45, 2.75) is 33.1 Å². The number of hydrogen-bond acceptors (Lipinski definition) is 3. The predicted molar refractivity (Wildman–Crippen MR) is 109 cm³/mol. The number of anilines is 2. The van der Waals surface area contributed by atoms with Gasteiger partial charge in [-0.1, -0.05) is 23.8 Å². The SMILES string of the molecule is CC(=O)Nc1ccc2c(c1)NC(=O)C[C@H]2c1cn[nH]c1-c1cc(C)ccc1C. The fourth-order valence-electron chi connectivity index (χ4n) is 3.80. The van der Waals surface area contributed by atoms with E-state index in [0.29, 0.717) is 12.1 Å². The number of carbonyl (C=O) groups excluding carboxylic acids is 2. The lowest BCUT2D eigenvalue weighted by molar-refractivity contribution is -0.116. The highest BCUT2D eigenvalue weighted by atomic mass is 16.2. The molecule has 0 bridgehead atoms. The number of aromatic nitrogens is 2. The van der Waals surface area contributed by atoms with Crippen molar-refractivity contribution in [2.75, 3.05) is 10.6 Å². The van der Waals surface area contributed by atoms with Crippen LogP contribution in [0.5, 0.6) is 0 Å². The quantitative estimate of drug-likeness (QED) is 0.644. The van der Waals surface area contributed by atoms with Crippen LogP contribution in [0.4, 0.5) is 11.4 Å². The fourth-order valence-corrected chi connectivity index (χ4v) is 3.80. The van der Waals surface area contributed by atoms with Crippen LogP contribution in [0.25, 0.3) is 11.3 Å². The lowest BCUT2D eigenvalue weighted by Gasteiger charge is -2.26. The van der Waals surface area contributed by atoms with Gasteiger partial charge in [-0.05, 0) is 43.2 Å². The molecule has 2 aromatic carbocycles. The number of aryl methyl sites for hydroxylation is 2. The molecular formula is C22H22N4O2. The molecule has 0 saturated heterocycles. The van der Waals surface area contributed by atoms with Gasteiger partial charge in [-0.25, -0.2) is 0 Å². The minimum absolute atomic E-state index is 0.0504. The summed E-state index contributed by atoms with van der Waals surface area (Å²) in [6, 6.07) is 11.9. The van der Waals surface area contributed by atoms with Crippen LogP contribution in [0.1, 0.15) is 41.5 Å². The van der Waals surface area contributed by atoms with Crippen LogP contribution in [-0.2, 0) is 9.59 Å². The third-order valence-electron chi connectivity index (χ3n) is 5.12. The summed E-state index contributed by atoms with van der Waals surface area (Å²) >= 11 is 0. The molecule has 2 amide bonds. The molecule has 28 heavy (non-hydrogen) atoms. The maximum Gasteiger partial charge on any atom is 0.225 e. The molecule has 1 aliphatic rings. The van der Waals surface area contributed by atoms with Crippen molar-refractivity contribution in [3.63, 3.8) is 0 Å². The van der Waals surface area contributed by atoms with Crippen LogP contribution in [0.15, 0.2) is 42.6 Å². The van der Waals surface area contributed by atoms with E-state index in [0.717, 1.165) is 33.6 Å². The molecular weight excluding hydrogens is 352 g/mol. The van der Waals surface area contributed by atoms with Gasteiger partial charge in [0.25, 0.3) is 0 Å². The van der Waals surface area contributed by atoms with Gasteiger partial charge in [0.05, 0.1) is 11.9 Å². The van der Waals surface area contributed by atoms with E-state index in [1.165, 1.54) is 12.5 Å². The first-order chi connectivity index (χ1) is 13.4. The van der Waals surface area contributed by atoms with Gasteiger partial charge in [0.15, 0.2) is 0 Å².